The van der Waals surface area contributed by atoms with Crippen molar-refractivity contribution >= 4 is 40.8 Å². The average Bonchev–Trinajstić information content (AvgIpc) is 2.86. The number of carbonyl (C=O) groups is 1. The van der Waals surface area contributed by atoms with E-state index in [0.29, 0.717) is 10.7 Å². The molecule has 2 N–H and O–H groups in total. The van der Waals surface area contributed by atoms with Crippen LogP contribution in [0, 0.1) is 10.1 Å². The van der Waals surface area contributed by atoms with E-state index >= 15 is 0 Å². The molecule has 1 amide bonds. The lowest BCUT2D eigenvalue weighted by molar-refractivity contribution is -0.389. The highest BCUT2D eigenvalue weighted by molar-refractivity contribution is 6.30. The normalized spacial score (nSPS) is 13.1. The van der Waals surface area contributed by atoms with Crippen molar-refractivity contribution in [1.82, 2.24) is 9.55 Å². The molecule has 11 heteroatoms. The predicted octanol–water partition coefficient (Wildman–Crippen LogP) is 3.10. The molecule has 1 heterocycles. The predicted molar refractivity (Wildman–Crippen MR) is 90.9 cm³/mol. The molecule has 0 bridgehead atoms. The minimum Gasteiger partial charge on any atom is -0.446 e. The third-order valence-corrected chi connectivity index (χ3v) is 3.54. The Kier molecular flexibility index (Phi) is 5.83. The van der Waals surface area contributed by atoms with Crippen LogP contribution < -0.4 is 5.32 Å². The van der Waals surface area contributed by atoms with Gasteiger partial charge in [0.2, 0.25) is 0 Å². The molecule has 0 aliphatic heterocycles. The van der Waals surface area contributed by atoms with Gasteiger partial charge in [-0.25, -0.2) is 4.79 Å². The molecule has 0 aliphatic rings. The van der Waals surface area contributed by atoms with Crippen molar-refractivity contribution in [1.29, 1.82) is 0 Å². The number of hydrogen-bond donors (Lipinski definition) is 2. The van der Waals surface area contributed by atoms with Crippen molar-refractivity contribution in [2.45, 2.75) is 19.1 Å². The van der Waals surface area contributed by atoms with E-state index < -0.39 is 22.4 Å². The van der Waals surface area contributed by atoms with Crippen LogP contribution in [0.2, 0.25) is 10.3 Å². The van der Waals surface area contributed by atoms with E-state index in [1.807, 2.05) is 0 Å². The molecular weight excluding hydrogens is 375 g/mol. The first kappa shape index (κ1) is 19.0. The summed E-state index contributed by atoms with van der Waals surface area (Å²) in [6.07, 6.45) is 0.299. The molecule has 0 saturated carbocycles. The molecular formula is C14H14Cl2N4O5. The molecule has 134 valence electrons. The summed E-state index contributed by atoms with van der Waals surface area (Å²) in [6, 6.07) is 6.46. The summed E-state index contributed by atoms with van der Waals surface area (Å²) in [4.78, 5) is 25.3. The number of nitrogens with zero attached hydrogens (tertiary/aromatic N) is 3. The third-order valence-electron chi connectivity index (χ3n) is 3.00. The zero-order valence-corrected chi connectivity index (χ0v) is 14.5. The van der Waals surface area contributed by atoms with E-state index in [1.165, 1.54) is 17.6 Å². The van der Waals surface area contributed by atoms with Crippen LogP contribution in [0.25, 0.3) is 0 Å². The van der Waals surface area contributed by atoms with Gasteiger partial charge >= 0.3 is 17.2 Å². The monoisotopic (exact) mass is 388 g/mol. The fourth-order valence-corrected chi connectivity index (χ4v) is 2.32. The summed E-state index contributed by atoms with van der Waals surface area (Å²) < 4.78 is 6.16. The van der Waals surface area contributed by atoms with Crippen LogP contribution >= 0.6 is 23.2 Å². The van der Waals surface area contributed by atoms with Crippen molar-refractivity contribution in [3.05, 3.63) is 50.9 Å². The molecule has 1 aromatic heterocycles. The number of ether oxygens (including phenoxy) is 1. The van der Waals surface area contributed by atoms with Crippen molar-refractivity contribution in [3.63, 3.8) is 0 Å². The van der Waals surface area contributed by atoms with Crippen molar-refractivity contribution in [2.24, 2.45) is 0 Å². The summed E-state index contributed by atoms with van der Waals surface area (Å²) >= 11 is 11.6. The number of imidazole rings is 1. The Bertz CT molecular complexity index is 793. The van der Waals surface area contributed by atoms with Crippen LogP contribution in [0.15, 0.2) is 30.5 Å². The van der Waals surface area contributed by atoms with Gasteiger partial charge in [0, 0.05) is 10.7 Å². The number of anilines is 1. The highest BCUT2D eigenvalue weighted by Gasteiger charge is 2.27. The number of aromatic nitrogens is 2. The molecule has 25 heavy (non-hydrogen) atoms. The second kappa shape index (κ2) is 7.68. The highest BCUT2D eigenvalue weighted by atomic mass is 35.5. The van der Waals surface area contributed by atoms with Crippen LogP contribution in [0.4, 0.5) is 16.3 Å². The molecule has 2 rings (SSSR count). The van der Waals surface area contributed by atoms with Gasteiger partial charge in [0.05, 0.1) is 6.54 Å². The molecule has 9 nitrogen and oxygen atoms in total. The Morgan fingerprint density at radius 3 is 2.84 bits per heavy atom. The fourth-order valence-electron chi connectivity index (χ4n) is 1.93. The average molecular weight is 389 g/mol. The lowest BCUT2D eigenvalue weighted by Crippen LogP contribution is -2.37. The highest BCUT2D eigenvalue weighted by Crippen LogP contribution is 2.19. The van der Waals surface area contributed by atoms with Crippen LogP contribution in [-0.2, 0) is 11.3 Å². The molecule has 0 aliphatic carbocycles. The zero-order valence-electron chi connectivity index (χ0n) is 13.0. The second-order valence-electron chi connectivity index (χ2n) is 5.46. The third kappa shape index (κ3) is 5.59. The van der Waals surface area contributed by atoms with Gasteiger partial charge in [0.25, 0.3) is 0 Å². The number of carbonyl (C=O) groups excluding carboxylic acids is 1. The van der Waals surface area contributed by atoms with Crippen LogP contribution in [0.5, 0.6) is 0 Å². The molecule has 0 saturated heterocycles. The quantitative estimate of drug-likeness (QED) is 0.579. The summed E-state index contributed by atoms with van der Waals surface area (Å²) in [5, 5.41) is 23.7. The molecule has 1 atom stereocenters. The SMILES string of the molecule is CC(O)(COC(=O)Nc1cccc(Cl)c1)Cn1cc([N+](=O)[O-])nc1Cl. The van der Waals surface area contributed by atoms with Crippen molar-refractivity contribution in [2.75, 3.05) is 11.9 Å². The Morgan fingerprint density at radius 2 is 2.24 bits per heavy atom. The summed E-state index contributed by atoms with van der Waals surface area (Å²) in [7, 11) is 0. The topological polar surface area (TPSA) is 120 Å². The maximum Gasteiger partial charge on any atom is 0.411 e. The van der Waals surface area contributed by atoms with Gasteiger partial charge in [-0.15, -0.1) is 0 Å². The van der Waals surface area contributed by atoms with E-state index in [-0.39, 0.29) is 18.4 Å². The number of halogens is 2. The van der Waals surface area contributed by atoms with E-state index in [2.05, 4.69) is 10.3 Å². The van der Waals surface area contributed by atoms with Gasteiger partial charge in [-0.2, -0.15) is 0 Å². The van der Waals surface area contributed by atoms with E-state index in [1.54, 1.807) is 18.2 Å². The summed E-state index contributed by atoms with van der Waals surface area (Å²) in [5.41, 5.74) is -1.09. The number of amides is 1. The first-order valence-corrected chi connectivity index (χ1v) is 7.71. The number of hydrogen-bond acceptors (Lipinski definition) is 6. The summed E-state index contributed by atoms with van der Waals surface area (Å²) in [5.74, 6) is -0.444. The maximum absolute atomic E-state index is 11.8. The van der Waals surface area contributed by atoms with Crippen LogP contribution in [0.1, 0.15) is 6.92 Å². The Balaban J connectivity index is 1.92. The lowest BCUT2D eigenvalue weighted by atomic mass is 10.1. The Hall–Kier alpha value is -2.36. The molecule has 0 fully saturated rings. The second-order valence-corrected chi connectivity index (χ2v) is 6.24. The van der Waals surface area contributed by atoms with Crippen LogP contribution in [-0.4, -0.2) is 37.9 Å². The van der Waals surface area contributed by atoms with E-state index in [9.17, 15) is 20.0 Å². The Morgan fingerprint density at radius 1 is 1.52 bits per heavy atom. The molecule has 2 aromatic rings. The number of rotatable bonds is 6. The first-order chi connectivity index (χ1) is 11.7. The number of nitro groups is 1. The molecule has 1 aromatic carbocycles. The van der Waals surface area contributed by atoms with Gasteiger partial charge < -0.3 is 20.0 Å². The van der Waals surface area contributed by atoms with Crippen molar-refractivity contribution < 1.29 is 19.6 Å². The van der Waals surface area contributed by atoms with Gasteiger partial charge in [-0.1, -0.05) is 17.7 Å². The number of aliphatic hydroxyl groups is 1. The maximum atomic E-state index is 11.8. The van der Waals surface area contributed by atoms with Crippen LogP contribution in [0.3, 0.4) is 0 Å². The minimum atomic E-state index is -1.52. The fraction of sp³-hybridized carbons (Fsp3) is 0.286. The van der Waals surface area contributed by atoms with Gasteiger partial charge in [0.15, 0.2) is 0 Å². The Labute approximate surface area is 152 Å². The molecule has 0 radical (unpaired) electrons. The van der Waals surface area contributed by atoms with Gasteiger partial charge in [-0.3, -0.25) is 9.88 Å². The first-order valence-electron chi connectivity index (χ1n) is 6.95. The number of benzene rings is 1. The van der Waals surface area contributed by atoms with Gasteiger partial charge in [0.1, 0.15) is 18.4 Å². The zero-order chi connectivity index (χ0) is 18.6. The number of nitrogens with one attached hydrogen (secondary N) is 1. The minimum absolute atomic E-state index is 0.156. The standard InChI is InChI=1S/C14H14Cl2N4O5/c1-14(22,7-19-6-11(20(23)24)18-12(19)16)8-25-13(21)17-10-4-2-3-9(15)5-10/h2-6,22H,7-8H2,1H3,(H,17,21). The molecule has 1 unspecified atom stereocenters. The largest absolute Gasteiger partial charge is 0.446 e. The lowest BCUT2D eigenvalue weighted by Gasteiger charge is -2.23. The van der Waals surface area contributed by atoms with E-state index in [0.717, 1.165) is 6.20 Å². The smallest absolute Gasteiger partial charge is 0.411 e. The van der Waals surface area contributed by atoms with E-state index in [4.69, 9.17) is 27.9 Å². The van der Waals surface area contributed by atoms with Gasteiger partial charge in [-0.05, 0) is 46.6 Å². The molecule has 0 spiro atoms. The summed E-state index contributed by atoms with van der Waals surface area (Å²) in [6.45, 7) is 0.862. The van der Waals surface area contributed by atoms with Crippen molar-refractivity contribution in [3.8, 4) is 0 Å².